The van der Waals surface area contributed by atoms with Crippen LogP contribution in [0.2, 0.25) is 0 Å². The van der Waals surface area contributed by atoms with Crippen LogP contribution in [0.4, 0.5) is 0 Å². The molecule has 2 heteroatoms. The fraction of sp³-hybridized carbons (Fsp3) is 1.00. The second kappa shape index (κ2) is 4.24. The SMILES string of the molecule is CCCCC(C)NCC1(N)CC1. The normalized spacial score (nSPS) is 22.2. The maximum atomic E-state index is 5.96. The second-order valence-corrected chi connectivity index (χ2v) is 4.29. The van der Waals surface area contributed by atoms with Crippen LogP contribution in [0.1, 0.15) is 46.0 Å². The summed E-state index contributed by atoms with van der Waals surface area (Å²) in [6.07, 6.45) is 6.32. The van der Waals surface area contributed by atoms with E-state index in [0.717, 1.165) is 6.54 Å². The molecule has 1 atom stereocenters. The van der Waals surface area contributed by atoms with Crippen molar-refractivity contribution in [1.82, 2.24) is 5.32 Å². The summed E-state index contributed by atoms with van der Waals surface area (Å²) in [5.41, 5.74) is 6.13. The largest absolute Gasteiger partial charge is 0.324 e. The summed E-state index contributed by atoms with van der Waals surface area (Å²) in [6.45, 7) is 5.50. The Morgan fingerprint density at radius 3 is 2.67 bits per heavy atom. The fourth-order valence-electron chi connectivity index (χ4n) is 1.33. The van der Waals surface area contributed by atoms with E-state index in [9.17, 15) is 0 Å². The van der Waals surface area contributed by atoms with Crippen molar-refractivity contribution in [3.8, 4) is 0 Å². The van der Waals surface area contributed by atoms with Crippen LogP contribution in [0.25, 0.3) is 0 Å². The van der Waals surface area contributed by atoms with Gasteiger partial charge in [-0.1, -0.05) is 19.8 Å². The first-order chi connectivity index (χ1) is 5.66. The molecular weight excluding hydrogens is 148 g/mol. The molecule has 0 saturated heterocycles. The van der Waals surface area contributed by atoms with Gasteiger partial charge >= 0.3 is 0 Å². The van der Waals surface area contributed by atoms with Gasteiger partial charge in [0.05, 0.1) is 0 Å². The van der Waals surface area contributed by atoms with Gasteiger partial charge in [0, 0.05) is 18.1 Å². The van der Waals surface area contributed by atoms with Crippen LogP contribution in [-0.4, -0.2) is 18.1 Å². The lowest BCUT2D eigenvalue weighted by Gasteiger charge is -2.16. The summed E-state index contributed by atoms with van der Waals surface area (Å²) in [7, 11) is 0. The molecule has 1 saturated carbocycles. The van der Waals surface area contributed by atoms with Crippen molar-refractivity contribution in [3.63, 3.8) is 0 Å². The molecule has 0 aliphatic heterocycles. The standard InChI is InChI=1S/C10H22N2/c1-3-4-5-9(2)12-8-10(11)6-7-10/h9,12H,3-8,11H2,1-2H3. The average Bonchev–Trinajstić information content (AvgIpc) is 2.77. The van der Waals surface area contributed by atoms with Gasteiger partial charge in [-0.2, -0.15) is 0 Å². The Balaban J connectivity index is 1.98. The Morgan fingerprint density at radius 1 is 1.50 bits per heavy atom. The van der Waals surface area contributed by atoms with Crippen LogP contribution in [0.3, 0.4) is 0 Å². The number of nitrogens with one attached hydrogen (secondary N) is 1. The van der Waals surface area contributed by atoms with E-state index in [-0.39, 0.29) is 5.54 Å². The molecule has 0 heterocycles. The predicted molar refractivity (Wildman–Crippen MR) is 53.1 cm³/mol. The number of hydrogen-bond acceptors (Lipinski definition) is 2. The number of rotatable bonds is 6. The summed E-state index contributed by atoms with van der Waals surface area (Å²) < 4.78 is 0. The molecule has 72 valence electrons. The number of hydrogen-bond donors (Lipinski definition) is 2. The molecule has 2 nitrogen and oxygen atoms in total. The third kappa shape index (κ3) is 3.55. The van der Waals surface area contributed by atoms with Crippen molar-refractivity contribution in [2.24, 2.45) is 5.73 Å². The molecule has 1 unspecified atom stereocenters. The van der Waals surface area contributed by atoms with Crippen LogP contribution in [-0.2, 0) is 0 Å². The molecular formula is C10H22N2. The van der Waals surface area contributed by atoms with Crippen LogP contribution in [0.5, 0.6) is 0 Å². The Morgan fingerprint density at radius 2 is 2.17 bits per heavy atom. The Kier molecular flexibility index (Phi) is 3.53. The summed E-state index contributed by atoms with van der Waals surface area (Å²) in [4.78, 5) is 0. The Bertz CT molecular complexity index is 130. The smallest absolute Gasteiger partial charge is 0.0282 e. The van der Waals surface area contributed by atoms with E-state index in [4.69, 9.17) is 5.73 Å². The van der Waals surface area contributed by atoms with Gasteiger partial charge in [0.25, 0.3) is 0 Å². The Hall–Kier alpha value is -0.0800. The van der Waals surface area contributed by atoms with Gasteiger partial charge in [0.1, 0.15) is 0 Å². The van der Waals surface area contributed by atoms with E-state index in [1.165, 1.54) is 32.1 Å². The minimum atomic E-state index is 0.167. The van der Waals surface area contributed by atoms with Crippen molar-refractivity contribution in [2.45, 2.75) is 57.5 Å². The Labute approximate surface area is 75.9 Å². The van der Waals surface area contributed by atoms with E-state index < -0.39 is 0 Å². The lowest BCUT2D eigenvalue weighted by Crippen LogP contribution is -2.40. The third-order valence-corrected chi connectivity index (χ3v) is 2.69. The van der Waals surface area contributed by atoms with Crippen molar-refractivity contribution >= 4 is 0 Å². The minimum absolute atomic E-state index is 0.167. The average molecular weight is 170 g/mol. The van der Waals surface area contributed by atoms with E-state index in [2.05, 4.69) is 19.2 Å². The van der Waals surface area contributed by atoms with E-state index in [1.54, 1.807) is 0 Å². The molecule has 0 radical (unpaired) electrons. The summed E-state index contributed by atoms with van der Waals surface area (Å²) in [6, 6.07) is 0.644. The van der Waals surface area contributed by atoms with Crippen molar-refractivity contribution in [2.75, 3.05) is 6.54 Å². The molecule has 0 aromatic heterocycles. The third-order valence-electron chi connectivity index (χ3n) is 2.69. The van der Waals surface area contributed by atoms with Gasteiger partial charge in [0.15, 0.2) is 0 Å². The quantitative estimate of drug-likeness (QED) is 0.636. The van der Waals surface area contributed by atoms with Crippen LogP contribution in [0, 0.1) is 0 Å². The molecule has 1 fully saturated rings. The molecule has 0 aromatic carbocycles. The summed E-state index contributed by atoms with van der Waals surface area (Å²) in [5.74, 6) is 0. The number of nitrogens with two attached hydrogens (primary N) is 1. The predicted octanol–water partition coefficient (Wildman–Crippen LogP) is 1.65. The second-order valence-electron chi connectivity index (χ2n) is 4.29. The lowest BCUT2D eigenvalue weighted by molar-refractivity contribution is 0.461. The molecule has 0 bridgehead atoms. The van der Waals surface area contributed by atoms with Crippen molar-refractivity contribution in [3.05, 3.63) is 0 Å². The van der Waals surface area contributed by atoms with E-state index in [0.29, 0.717) is 6.04 Å². The monoisotopic (exact) mass is 170 g/mol. The zero-order valence-corrected chi connectivity index (χ0v) is 8.40. The highest BCUT2D eigenvalue weighted by Gasteiger charge is 2.37. The maximum Gasteiger partial charge on any atom is 0.0282 e. The van der Waals surface area contributed by atoms with Crippen molar-refractivity contribution < 1.29 is 0 Å². The van der Waals surface area contributed by atoms with Gasteiger partial charge in [-0.05, 0) is 26.2 Å². The highest BCUT2D eigenvalue weighted by atomic mass is 15.0. The zero-order valence-electron chi connectivity index (χ0n) is 8.40. The highest BCUT2D eigenvalue weighted by molar-refractivity contribution is 5.00. The first kappa shape index (κ1) is 10.0. The molecule has 1 aliphatic rings. The highest BCUT2D eigenvalue weighted by Crippen LogP contribution is 2.31. The van der Waals surface area contributed by atoms with Gasteiger partial charge < -0.3 is 11.1 Å². The van der Waals surface area contributed by atoms with Crippen LogP contribution >= 0.6 is 0 Å². The van der Waals surface area contributed by atoms with Crippen LogP contribution < -0.4 is 11.1 Å². The molecule has 0 aromatic rings. The lowest BCUT2D eigenvalue weighted by atomic mass is 10.1. The van der Waals surface area contributed by atoms with Crippen LogP contribution in [0.15, 0.2) is 0 Å². The van der Waals surface area contributed by atoms with Gasteiger partial charge in [-0.3, -0.25) is 0 Å². The summed E-state index contributed by atoms with van der Waals surface area (Å²) in [5, 5.41) is 3.49. The van der Waals surface area contributed by atoms with Gasteiger partial charge in [-0.15, -0.1) is 0 Å². The molecule has 3 N–H and O–H groups in total. The first-order valence-electron chi connectivity index (χ1n) is 5.18. The van der Waals surface area contributed by atoms with E-state index >= 15 is 0 Å². The fourth-order valence-corrected chi connectivity index (χ4v) is 1.33. The van der Waals surface area contributed by atoms with Gasteiger partial charge in [0.2, 0.25) is 0 Å². The maximum absolute atomic E-state index is 5.96. The molecule has 0 spiro atoms. The molecule has 0 amide bonds. The molecule has 1 aliphatic carbocycles. The first-order valence-corrected chi connectivity index (χ1v) is 5.18. The zero-order chi connectivity index (χ0) is 9.03. The molecule has 12 heavy (non-hydrogen) atoms. The minimum Gasteiger partial charge on any atom is -0.324 e. The van der Waals surface area contributed by atoms with Crippen molar-refractivity contribution in [1.29, 1.82) is 0 Å². The van der Waals surface area contributed by atoms with Gasteiger partial charge in [-0.25, -0.2) is 0 Å². The number of unbranched alkanes of at least 4 members (excludes halogenated alkanes) is 1. The molecule has 1 rings (SSSR count). The van der Waals surface area contributed by atoms with E-state index in [1.807, 2.05) is 0 Å². The summed E-state index contributed by atoms with van der Waals surface area (Å²) >= 11 is 0. The topological polar surface area (TPSA) is 38.0 Å².